The summed E-state index contributed by atoms with van der Waals surface area (Å²) < 4.78 is 30.1. The van der Waals surface area contributed by atoms with Crippen LogP contribution in [-0.4, -0.2) is 20.1 Å². The molecule has 0 spiro atoms. The Bertz CT molecular complexity index is 912. The minimum absolute atomic E-state index is 0.120. The Kier molecular flexibility index (Phi) is 3.64. The van der Waals surface area contributed by atoms with Gasteiger partial charge in [-0.15, -0.1) is 0 Å². The van der Waals surface area contributed by atoms with Gasteiger partial charge in [0.05, 0.1) is 12.0 Å². The highest BCUT2D eigenvalue weighted by molar-refractivity contribution is 7.89. The van der Waals surface area contributed by atoms with Crippen LogP contribution in [0.25, 0.3) is 10.9 Å². The van der Waals surface area contributed by atoms with Gasteiger partial charge < -0.3 is 9.30 Å². The SMILES string of the molecule is COc1ccc(Cn2ccc3ccc(S(N)(=O)=O)cc32)cc1. The first-order valence-corrected chi connectivity index (χ1v) is 8.26. The van der Waals surface area contributed by atoms with Crippen molar-refractivity contribution in [3.63, 3.8) is 0 Å². The highest BCUT2D eigenvalue weighted by atomic mass is 32.2. The molecule has 0 unspecified atom stereocenters. The summed E-state index contributed by atoms with van der Waals surface area (Å²) >= 11 is 0. The summed E-state index contributed by atoms with van der Waals surface area (Å²) in [6.45, 7) is 0.640. The first-order chi connectivity index (χ1) is 10.5. The maximum atomic E-state index is 11.5. The molecule has 0 bridgehead atoms. The predicted molar refractivity (Wildman–Crippen MR) is 85.4 cm³/mol. The third kappa shape index (κ3) is 2.84. The lowest BCUT2D eigenvalue weighted by atomic mass is 10.2. The van der Waals surface area contributed by atoms with Crippen LogP contribution in [0.15, 0.2) is 59.6 Å². The van der Waals surface area contributed by atoms with Crippen LogP contribution in [0, 0.1) is 0 Å². The standard InChI is InChI=1S/C16H16N2O3S/c1-21-14-5-2-12(3-6-14)11-18-9-8-13-4-7-15(10-16(13)18)22(17,19)20/h2-10H,11H2,1H3,(H2,17,19,20). The van der Waals surface area contributed by atoms with Gasteiger partial charge in [-0.2, -0.15) is 0 Å². The molecule has 0 aliphatic carbocycles. The topological polar surface area (TPSA) is 74.3 Å². The molecule has 0 atom stereocenters. The molecular weight excluding hydrogens is 300 g/mol. The lowest BCUT2D eigenvalue weighted by Gasteiger charge is -2.08. The van der Waals surface area contributed by atoms with Crippen LogP contribution < -0.4 is 9.88 Å². The van der Waals surface area contributed by atoms with Crippen molar-refractivity contribution in [3.05, 3.63) is 60.3 Å². The van der Waals surface area contributed by atoms with Gasteiger partial charge in [0, 0.05) is 18.3 Å². The molecule has 3 rings (SSSR count). The number of primary sulfonamides is 1. The minimum Gasteiger partial charge on any atom is -0.497 e. The van der Waals surface area contributed by atoms with E-state index in [1.165, 1.54) is 6.07 Å². The average molecular weight is 316 g/mol. The summed E-state index contributed by atoms with van der Waals surface area (Å²) in [6.07, 6.45) is 1.93. The Morgan fingerprint density at radius 1 is 1.09 bits per heavy atom. The quantitative estimate of drug-likeness (QED) is 0.803. The van der Waals surface area contributed by atoms with Gasteiger partial charge >= 0.3 is 0 Å². The maximum Gasteiger partial charge on any atom is 0.238 e. The molecule has 0 fully saturated rings. The number of methoxy groups -OCH3 is 1. The summed E-state index contributed by atoms with van der Waals surface area (Å²) in [5.41, 5.74) is 1.93. The molecule has 3 aromatic rings. The summed E-state index contributed by atoms with van der Waals surface area (Å²) in [4.78, 5) is 0.120. The molecular formula is C16H16N2O3S. The van der Waals surface area contributed by atoms with Crippen molar-refractivity contribution in [1.29, 1.82) is 0 Å². The number of aromatic nitrogens is 1. The van der Waals surface area contributed by atoms with E-state index in [0.717, 1.165) is 22.2 Å². The summed E-state index contributed by atoms with van der Waals surface area (Å²) in [5, 5.41) is 6.17. The van der Waals surface area contributed by atoms with Gasteiger partial charge in [0.2, 0.25) is 10.0 Å². The summed E-state index contributed by atoms with van der Waals surface area (Å²) in [6, 6.07) is 14.6. The fourth-order valence-electron chi connectivity index (χ4n) is 2.41. The van der Waals surface area contributed by atoms with E-state index in [4.69, 9.17) is 9.88 Å². The average Bonchev–Trinajstić information content (AvgIpc) is 2.89. The molecule has 1 heterocycles. The molecule has 2 aromatic carbocycles. The Morgan fingerprint density at radius 2 is 1.82 bits per heavy atom. The van der Waals surface area contributed by atoms with Crippen LogP contribution >= 0.6 is 0 Å². The number of fused-ring (bicyclic) bond motifs is 1. The summed E-state index contributed by atoms with van der Waals surface area (Å²) in [7, 11) is -2.07. The van der Waals surface area contributed by atoms with E-state index in [-0.39, 0.29) is 4.90 Å². The monoisotopic (exact) mass is 316 g/mol. The molecule has 0 saturated heterocycles. The second kappa shape index (κ2) is 5.47. The lowest BCUT2D eigenvalue weighted by molar-refractivity contribution is 0.414. The van der Waals surface area contributed by atoms with Gasteiger partial charge in [0.1, 0.15) is 5.75 Å². The minimum atomic E-state index is -3.70. The van der Waals surface area contributed by atoms with E-state index in [1.54, 1.807) is 19.2 Å². The van der Waals surface area contributed by atoms with Crippen molar-refractivity contribution in [1.82, 2.24) is 4.57 Å². The zero-order valence-corrected chi connectivity index (χ0v) is 12.9. The number of ether oxygens (including phenoxy) is 1. The Hall–Kier alpha value is -2.31. The number of hydrogen-bond donors (Lipinski definition) is 1. The van der Waals surface area contributed by atoms with Crippen molar-refractivity contribution in [3.8, 4) is 5.75 Å². The van der Waals surface area contributed by atoms with Crippen LogP contribution in [0.1, 0.15) is 5.56 Å². The van der Waals surface area contributed by atoms with Crippen molar-refractivity contribution in [2.45, 2.75) is 11.4 Å². The number of sulfonamides is 1. The lowest BCUT2D eigenvalue weighted by Crippen LogP contribution is -2.12. The van der Waals surface area contributed by atoms with E-state index in [0.29, 0.717) is 6.54 Å². The smallest absolute Gasteiger partial charge is 0.238 e. The van der Waals surface area contributed by atoms with Crippen molar-refractivity contribution < 1.29 is 13.2 Å². The molecule has 0 aliphatic rings. The zero-order chi connectivity index (χ0) is 15.7. The molecule has 1 aromatic heterocycles. The van der Waals surface area contributed by atoms with Gasteiger partial charge in [-0.3, -0.25) is 0 Å². The van der Waals surface area contributed by atoms with Crippen molar-refractivity contribution in [2.75, 3.05) is 7.11 Å². The van der Waals surface area contributed by atoms with Crippen LogP contribution in [0.5, 0.6) is 5.75 Å². The van der Waals surface area contributed by atoms with Gasteiger partial charge in [0.25, 0.3) is 0 Å². The third-order valence-corrected chi connectivity index (χ3v) is 4.50. The Balaban J connectivity index is 1.99. The number of benzene rings is 2. The van der Waals surface area contributed by atoms with Gasteiger partial charge in [-0.05, 0) is 41.3 Å². The molecule has 0 saturated carbocycles. The van der Waals surface area contributed by atoms with Crippen LogP contribution in [0.4, 0.5) is 0 Å². The third-order valence-electron chi connectivity index (χ3n) is 3.59. The molecule has 5 nitrogen and oxygen atoms in total. The van der Waals surface area contributed by atoms with E-state index in [2.05, 4.69) is 0 Å². The van der Waals surface area contributed by atoms with Gasteiger partial charge in [-0.25, -0.2) is 13.6 Å². The summed E-state index contributed by atoms with van der Waals surface area (Å²) in [5.74, 6) is 0.803. The van der Waals surface area contributed by atoms with E-state index in [9.17, 15) is 8.42 Å². The first-order valence-electron chi connectivity index (χ1n) is 6.72. The van der Waals surface area contributed by atoms with Crippen LogP contribution in [-0.2, 0) is 16.6 Å². The normalized spacial score (nSPS) is 11.7. The van der Waals surface area contributed by atoms with E-state index in [1.807, 2.05) is 41.1 Å². The Morgan fingerprint density at radius 3 is 2.45 bits per heavy atom. The second-order valence-corrected chi connectivity index (χ2v) is 6.62. The highest BCUT2D eigenvalue weighted by Gasteiger charge is 2.10. The number of hydrogen-bond acceptors (Lipinski definition) is 3. The van der Waals surface area contributed by atoms with Crippen molar-refractivity contribution >= 4 is 20.9 Å². The predicted octanol–water partition coefficient (Wildman–Crippen LogP) is 2.35. The second-order valence-electron chi connectivity index (χ2n) is 5.06. The van der Waals surface area contributed by atoms with Gasteiger partial charge in [-0.1, -0.05) is 18.2 Å². The molecule has 22 heavy (non-hydrogen) atoms. The number of nitrogens with zero attached hydrogens (tertiary/aromatic N) is 1. The molecule has 2 N–H and O–H groups in total. The molecule has 0 aliphatic heterocycles. The van der Waals surface area contributed by atoms with E-state index < -0.39 is 10.0 Å². The van der Waals surface area contributed by atoms with Crippen molar-refractivity contribution in [2.24, 2.45) is 5.14 Å². The fraction of sp³-hybridized carbons (Fsp3) is 0.125. The molecule has 0 radical (unpaired) electrons. The zero-order valence-electron chi connectivity index (χ0n) is 12.1. The van der Waals surface area contributed by atoms with Crippen LogP contribution in [0.3, 0.4) is 0 Å². The largest absolute Gasteiger partial charge is 0.497 e. The highest BCUT2D eigenvalue weighted by Crippen LogP contribution is 2.21. The number of nitrogens with two attached hydrogens (primary N) is 1. The Labute approximate surface area is 129 Å². The molecule has 6 heteroatoms. The molecule has 0 amide bonds. The molecule has 114 valence electrons. The number of rotatable bonds is 4. The fourth-order valence-corrected chi connectivity index (χ4v) is 2.94. The maximum absolute atomic E-state index is 11.5. The van der Waals surface area contributed by atoms with E-state index >= 15 is 0 Å². The van der Waals surface area contributed by atoms with Crippen LogP contribution in [0.2, 0.25) is 0 Å². The van der Waals surface area contributed by atoms with Gasteiger partial charge in [0.15, 0.2) is 0 Å². The first kappa shape index (κ1) is 14.6.